The summed E-state index contributed by atoms with van der Waals surface area (Å²) in [5.41, 5.74) is 1.40. The highest BCUT2D eigenvalue weighted by molar-refractivity contribution is 7.11. The zero-order chi connectivity index (χ0) is 9.00. The second-order valence-corrected chi connectivity index (χ2v) is 5.40. The van der Waals surface area contributed by atoms with Crippen molar-refractivity contribution in [2.24, 2.45) is 0 Å². The van der Waals surface area contributed by atoms with Gasteiger partial charge in [-0.3, -0.25) is 4.90 Å². The van der Waals surface area contributed by atoms with Crippen LogP contribution in [0.25, 0.3) is 0 Å². The molecule has 0 amide bonds. The van der Waals surface area contributed by atoms with Crippen molar-refractivity contribution in [2.45, 2.75) is 38.3 Å². The molecule has 3 rings (SSSR count). The smallest absolute Gasteiger partial charge is 0.0900 e. The van der Waals surface area contributed by atoms with Crippen LogP contribution in [0.15, 0.2) is 0 Å². The molecule has 0 radical (unpaired) electrons. The predicted molar refractivity (Wildman–Crippen MR) is 54.1 cm³/mol. The number of hydrogen-bond donors (Lipinski definition) is 0. The first kappa shape index (κ1) is 7.94. The highest BCUT2D eigenvalue weighted by Gasteiger charge is 2.39. The predicted octanol–water partition coefficient (Wildman–Crippen LogP) is 2.14. The Labute approximate surface area is 82.6 Å². The van der Waals surface area contributed by atoms with Gasteiger partial charge in [0.1, 0.15) is 0 Å². The Balaban J connectivity index is 2.11. The number of aryl methyl sites for hydroxylation is 1. The van der Waals surface area contributed by atoms with E-state index in [0.717, 1.165) is 6.04 Å². The van der Waals surface area contributed by atoms with E-state index < -0.39 is 0 Å². The van der Waals surface area contributed by atoms with Crippen LogP contribution in [0.1, 0.15) is 34.5 Å². The van der Waals surface area contributed by atoms with Crippen molar-refractivity contribution >= 4 is 11.3 Å². The first-order valence-corrected chi connectivity index (χ1v) is 5.75. The van der Waals surface area contributed by atoms with Gasteiger partial charge in [0, 0.05) is 23.4 Å². The highest BCUT2D eigenvalue weighted by atomic mass is 32.1. The fourth-order valence-corrected chi connectivity index (χ4v) is 3.83. The first-order chi connectivity index (χ1) is 6.25. The summed E-state index contributed by atoms with van der Waals surface area (Å²) in [5, 5.41) is 1.24. The first-order valence-electron chi connectivity index (χ1n) is 4.94. The van der Waals surface area contributed by atoms with Gasteiger partial charge in [0.05, 0.1) is 10.7 Å². The van der Waals surface area contributed by atoms with Gasteiger partial charge in [0.15, 0.2) is 0 Å². The Kier molecular flexibility index (Phi) is 1.56. The van der Waals surface area contributed by atoms with E-state index in [9.17, 15) is 0 Å². The van der Waals surface area contributed by atoms with Gasteiger partial charge < -0.3 is 0 Å². The van der Waals surface area contributed by atoms with E-state index in [1.165, 1.54) is 30.0 Å². The second kappa shape index (κ2) is 2.55. The van der Waals surface area contributed by atoms with Gasteiger partial charge in [0.2, 0.25) is 0 Å². The van der Waals surface area contributed by atoms with Crippen LogP contribution in [0.3, 0.4) is 0 Å². The lowest BCUT2D eigenvalue weighted by atomic mass is 10.1. The van der Waals surface area contributed by atoms with Crippen LogP contribution in [0.5, 0.6) is 0 Å². The molecule has 2 unspecified atom stereocenters. The van der Waals surface area contributed by atoms with Crippen molar-refractivity contribution < 1.29 is 0 Å². The molecule has 2 bridgehead atoms. The molecule has 13 heavy (non-hydrogen) atoms. The van der Waals surface area contributed by atoms with Crippen molar-refractivity contribution in [3.63, 3.8) is 0 Å². The molecule has 0 spiro atoms. The van der Waals surface area contributed by atoms with Crippen molar-refractivity contribution in [1.82, 2.24) is 9.88 Å². The maximum atomic E-state index is 4.62. The van der Waals surface area contributed by atoms with E-state index >= 15 is 0 Å². The van der Waals surface area contributed by atoms with E-state index in [1.807, 2.05) is 11.3 Å². The number of hydrogen-bond acceptors (Lipinski definition) is 3. The minimum Gasteiger partial charge on any atom is -0.295 e. The Hall–Kier alpha value is -0.410. The molecule has 1 aromatic rings. The molecule has 3 heterocycles. The third-order valence-corrected chi connectivity index (χ3v) is 4.52. The van der Waals surface area contributed by atoms with Crippen molar-refractivity contribution in [3.05, 3.63) is 15.6 Å². The molecule has 1 aromatic heterocycles. The average Bonchev–Trinajstić information content (AvgIpc) is 2.54. The second-order valence-electron chi connectivity index (χ2n) is 4.16. The van der Waals surface area contributed by atoms with E-state index in [2.05, 4.69) is 23.9 Å². The Morgan fingerprint density at radius 1 is 1.46 bits per heavy atom. The monoisotopic (exact) mass is 194 g/mol. The molecule has 0 aromatic carbocycles. The fraction of sp³-hybridized carbons (Fsp3) is 0.700. The van der Waals surface area contributed by atoms with Crippen LogP contribution >= 0.6 is 11.3 Å². The van der Waals surface area contributed by atoms with Crippen molar-refractivity contribution in [2.75, 3.05) is 7.05 Å². The molecule has 1 fully saturated rings. The molecule has 2 aliphatic heterocycles. The minimum absolute atomic E-state index is 0.694. The minimum atomic E-state index is 0.694. The Morgan fingerprint density at radius 3 is 3.15 bits per heavy atom. The van der Waals surface area contributed by atoms with Gasteiger partial charge in [-0.1, -0.05) is 0 Å². The van der Waals surface area contributed by atoms with E-state index in [4.69, 9.17) is 0 Å². The van der Waals surface area contributed by atoms with E-state index in [-0.39, 0.29) is 0 Å². The maximum absolute atomic E-state index is 4.62. The summed E-state index contributed by atoms with van der Waals surface area (Å²) < 4.78 is 0. The molecule has 0 aliphatic carbocycles. The van der Waals surface area contributed by atoms with Crippen LogP contribution in [0.4, 0.5) is 0 Å². The number of thiazole rings is 1. The highest BCUT2D eigenvalue weighted by Crippen LogP contribution is 2.44. The van der Waals surface area contributed by atoms with Crippen LogP contribution in [-0.4, -0.2) is 23.0 Å². The van der Waals surface area contributed by atoms with E-state index in [1.54, 1.807) is 4.88 Å². The summed E-state index contributed by atoms with van der Waals surface area (Å²) in [6.45, 7) is 2.12. The molecule has 2 aliphatic rings. The summed E-state index contributed by atoms with van der Waals surface area (Å²) in [6, 6.07) is 1.47. The van der Waals surface area contributed by atoms with Gasteiger partial charge in [-0.2, -0.15) is 0 Å². The number of aromatic nitrogens is 1. The van der Waals surface area contributed by atoms with E-state index in [0.29, 0.717) is 6.04 Å². The van der Waals surface area contributed by atoms with Crippen LogP contribution in [0.2, 0.25) is 0 Å². The zero-order valence-electron chi connectivity index (χ0n) is 8.08. The largest absolute Gasteiger partial charge is 0.295 e. The van der Waals surface area contributed by atoms with Crippen LogP contribution in [-0.2, 0) is 6.42 Å². The lowest BCUT2D eigenvalue weighted by molar-refractivity contribution is 0.226. The lowest BCUT2D eigenvalue weighted by Gasteiger charge is -2.29. The molecule has 70 valence electrons. The zero-order valence-corrected chi connectivity index (χ0v) is 8.90. The van der Waals surface area contributed by atoms with Gasteiger partial charge in [-0.05, 0) is 26.8 Å². The Morgan fingerprint density at radius 2 is 2.31 bits per heavy atom. The molecule has 0 saturated carbocycles. The molecule has 2 nitrogen and oxygen atoms in total. The molecular weight excluding hydrogens is 180 g/mol. The summed E-state index contributed by atoms with van der Waals surface area (Å²) >= 11 is 1.90. The number of nitrogens with zero attached hydrogens (tertiary/aromatic N) is 2. The van der Waals surface area contributed by atoms with Gasteiger partial charge >= 0.3 is 0 Å². The van der Waals surface area contributed by atoms with Gasteiger partial charge in [-0.25, -0.2) is 4.98 Å². The van der Waals surface area contributed by atoms with Gasteiger partial charge in [0.25, 0.3) is 0 Å². The summed E-state index contributed by atoms with van der Waals surface area (Å²) in [6.07, 6.45) is 3.89. The maximum Gasteiger partial charge on any atom is 0.0900 e. The SMILES string of the molecule is Cc1nc2c(s1)C1CCC(C2)N1C. The summed E-state index contributed by atoms with van der Waals surface area (Å²) in [7, 11) is 2.26. The number of rotatable bonds is 0. The molecule has 1 saturated heterocycles. The third-order valence-electron chi connectivity index (χ3n) is 3.41. The van der Waals surface area contributed by atoms with Gasteiger partial charge in [-0.15, -0.1) is 11.3 Å². The number of fused-ring (bicyclic) bond motifs is 4. The van der Waals surface area contributed by atoms with Crippen molar-refractivity contribution in [1.29, 1.82) is 0 Å². The van der Waals surface area contributed by atoms with Crippen LogP contribution < -0.4 is 0 Å². The summed E-state index contributed by atoms with van der Waals surface area (Å²) in [4.78, 5) is 8.71. The molecule has 2 atom stereocenters. The van der Waals surface area contributed by atoms with Crippen molar-refractivity contribution in [3.8, 4) is 0 Å². The fourth-order valence-electron chi connectivity index (χ4n) is 2.69. The molecular formula is C10H14N2S. The third kappa shape index (κ3) is 1.00. The quantitative estimate of drug-likeness (QED) is 0.629. The Bertz CT molecular complexity index is 345. The normalized spacial score (nSPS) is 32.2. The average molecular weight is 194 g/mol. The molecule has 3 heteroatoms. The molecule has 0 N–H and O–H groups in total. The summed E-state index contributed by atoms with van der Waals surface area (Å²) in [5.74, 6) is 0. The lowest BCUT2D eigenvalue weighted by Crippen LogP contribution is -2.33. The topological polar surface area (TPSA) is 16.1 Å². The number of likely N-dealkylation sites (N-methyl/N-ethyl adjacent to an activating group) is 1. The van der Waals surface area contributed by atoms with Crippen LogP contribution in [0, 0.1) is 6.92 Å². The standard InChI is InChI=1S/C10H14N2S/c1-6-11-8-5-7-3-4-9(12(7)2)10(8)13-6/h7,9H,3-5H2,1-2H3.